The van der Waals surface area contributed by atoms with Crippen molar-refractivity contribution in [3.63, 3.8) is 0 Å². The van der Waals surface area contributed by atoms with E-state index in [4.69, 9.17) is 21.1 Å². The Kier molecular flexibility index (Phi) is 7.08. The molecule has 0 bridgehead atoms. The van der Waals surface area contributed by atoms with Gasteiger partial charge in [0.25, 0.3) is 0 Å². The van der Waals surface area contributed by atoms with E-state index in [1.165, 1.54) is 4.88 Å². The molecular formula is C16H18ClNO3S2. The summed E-state index contributed by atoms with van der Waals surface area (Å²) in [6.07, 6.45) is 0. The van der Waals surface area contributed by atoms with E-state index in [-0.39, 0.29) is 5.91 Å². The van der Waals surface area contributed by atoms with Gasteiger partial charge >= 0.3 is 0 Å². The molecule has 1 N–H and O–H groups in total. The number of ether oxygens (including phenoxy) is 2. The normalized spacial score (nSPS) is 10.4. The van der Waals surface area contributed by atoms with E-state index in [1.807, 2.05) is 30.3 Å². The third-order valence-corrected chi connectivity index (χ3v) is 5.47. The first-order valence-corrected chi connectivity index (χ1v) is 9.27. The second kappa shape index (κ2) is 9.05. The predicted octanol–water partition coefficient (Wildman–Crippen LogP) is 3.97. The number of hydrogen-bond acceptors (Lipinski definition) is 5. The predicted molar refractivity (Wildman–Crippen MR) is 96.9 cm³/mol. The van der Waals surface area contributed by atoms with Crippen molar-refractivity contribution in [2.75, 3.05) is 20.0 Å². The smallest absolute Gasteiger partial charge is 0.230 e. The first-order valence-electron chi connectivity index (χ1n) is 6.92. The maximum atomic E-state index is 11.9. The summed E-state index contributed by atoms with van der Waals surface area (Å²) in [7, 11) is 3.22. The Hall–Kier alpha value is -1.37. The second-order valence-corrected chi connectivity index (χ2v) is 7.44. The highest BCUT2D eigenvalue weighted by Gasteiger charge is 2.08. The van der Waals surface area contributed by atoms with Gasteiger partial charge in [-0.15, -0.1) is 23.1 Å². The van der Waals surface area contributed by atoms with Gasteiger partial charge in [-0.1, -0.05) is 11.6 Å². The highest BCUT2D eigenvalue weighted by molar-refractivity contribution is 7.99. The van der Waals surface area contributed by atoms with Gasteiger partial charge in [-0.2, -0.15) is 0 Å². The molecule has 124 valence electrons. The Balaban J connectivity index is 1.79. The molecule has 1 amide bonds. The van der Waals surface area contributed by atoms with Crippen LogP contribution in [0.4, 0.5) is 0 Å². The molecule has 2 aromatic rings. The van der Waals surface area contributed by atoms with Gasteiger partial charge < -0.3 is 14.8 Å². The van der Waals surface area contributed by atoms with Crippen molar-refractivity contribution in [3.8, 4) is 11.5 Å². The zero-order valence-electron chi connectivity index (χ0n) is 12.9. The fraction of sp³-hybridized carbons (Fsp3) is 0.312. The molecule has 0 radical (unpaired) electrons. The maximum absolute atomic E-state index is 11.9. The van der Waals surface area contributed by atoms with Crippen LogP contribution in [-0.4, -0.2) is 25.9 Å². The number of amides is 1. The molecule has 1 heterocycles. The van der Waals surface area contributed by atoms with Crippen molar-refractivity contribution in [1.82, 2.24) is 5.32 Å². The van der Waals surface area contributed by atoms with Crippen molar-refractivity contribution in [3.05, 3.63) is 45.1 Å². The van der Waals surface area contributed by atoms with Gasteiger partial charge in [0, 0.05) is 22.7 Å². The fourth-order valence-corrected chi connectivity index (χ4v) is 3.99. The number of rotatable bonds is 8. The molecule has 0 saturated carbocycles. The molecule has 7 heteroatoms. The van der Waals surface area contributed by atoms with Crippen LogP contribution in [0.2, 0.25) is 4.34 Å². The number of carbonyl (C=O) groups excluding carboxylic acids is 1. The Morgan fingerprint density at radius 3 is 2.74 bits per heavy atom. The topological polar surface area (TPSA) is 47.6 Å². The summed E-state index contributed by atoms with van der Waals surface area (Å²) < 4.78 is 11.3. The molecule has 0 unspecified atom stereocenters. The van der Waals surface area contributed by atoms with Crippen LogP contribution >= 0.6 is 34.7 Å². The van der Waals surface area contributed by atoms with E-state index < -0.39 is 0 Å². The summed E-state index contributed by atoms with van der Waals surface area (Å²) in [6.45, 7) is 0.407. The van der Waals surface area contributed by atoms with E-state index in [1.54, 1.807) is 37.3 Å². The largest absolute Gasteiger partial charge is 0.497 e. The molecular weight excluding hydrogens is 354 g/mol. The minimum Gasteiger partial charge on any atom is -0.497 e. The van der Waals surface area contributed by atoms with Gasteiger partial charge in [0.15, 0.2) is 0 Å². The molecule has 1 aromatic carbocycles. The minimum absolute atomic E-state index is 0.0115. The van der Waals surface area contributed by atoms with Gasteiger partial charge in [0.2, 0.25) is 5.91 Å². The molecule has 0 spiro atoms. The average molecular weight is 372 g/mol. The van der Waals surface area contributed by atoms with Gasteiger partial charge in [-0.3, -0.25) is 4.79 Å². The summed E-state index contributed by atoms with van der Waals surface area (Å²) in [5.74, 6) is 2.64. The summed E-state index contributed by atoms with van der Waals surface area (Å²) in [5, 5.41) is 2.90. The van der Waals surface area contributed by atoms with E-state index in [9.17, 15) is 4.79 Å². The number of thioether (sulfide) groups is 1. The average Bonchev–Trinajstić information content (AvgIpc) is 2.98. The zero-order chi connectivity index (χ0) is 16.7. The van der Waals surface area contributed by atoms with Crippen molar-refractivity contribution < 1.29 is 14.3 Å². The van der Waals surface area contributed by atoms with Crippen molar-refractivity contribution in [1.29, 1.82) is 0 Å². The lowest BCUT2D eigenvalue weighted by atomic mass is 10.2. The van der Waals surface area contributed by atoms with Crippen molar-refractivity contribution in [2.45, 2.75) is 12.3 Å². The lowest BCUT2D eigenvalue weighted by Crippen LogP contribution is -2.24. The lowest BCUT2D eigenvalue weighted by molar-refractivity contribution is -0.118. The highest BCUT2D eigenvalue weighted by Crippen LogP contribution is 2.25. The van der Waals surface area contributed by atoms with Crippen LogP contribution in [-0.2, 0) is 17.1 Å². The van der Waals surface area contributed by atoms with E-state index in [0.29, 0.717) is 12.3 Å². The van der Waals surface area contributed by atoms with Gasteiger partial charge in [-0.05, 0) is 30.3 Å². The number of methoxy groups -OCH3 is 2. The molecule has 0 aliphatic heterocycles. The van der Waals surface area contributed by atoms with Crippen LogP contribution in [0.15, 0.2) is 30.3 Å². The van der Waals surface area contributed by atoms with Gasteiger partial charge in [0.05, 0.1) is 24.3 Å². The monoisotopic (exact) mass is 371 g/mol. The molecule has 0 saturated heterocycles. The maximum Gasteiger partial charge on any atom is 0.230 e. The lowest BCUT2D eigenvalue weighted by Gasteiger charge is -2.11. The van der Waals surface area contributed by atoms with Gasteiger partial charge in [0.1, 0.15) is 11.5 Å². The number of benzene rings is 1. The molecule has 23 heavy (non-hydrogen) atoms. The summed E-state index contributed by atoms with van der Waals surface area (Å²) in [6, 6.07) is 9.37. The Morgan fingerprint density at radius 2 is 2.09 bits per heavy atom. The molecule has 0 fully saturated rings. The molecule has 2 rings (SSSR count). The van der Waals surface area contributed by atoms with Gasteiger partial charge in [-0.25, -0.2) is 0 Å². The molecule has 0 atom stereocenters. The SMILES string of the molecule is COc1ccc(OC)c(CNC(=O)CSCc2ccc(Cl)s2)c1. The standard InChI is InChI=1S/C16H18ClNO3S2/c1-20-12-3-5-14(21-2)11(7-12)8-18-16(19)10-22-9-13-4-6-15(17)23-13/h3-7H,8-10H2,1-2H3,(H,18,19). The first kappa shape index (κ1) is 18.0. The Labute approximate surface area is 149 Å². The fourth-order valence-electron chi connectivity index (χ4n) is 1.94. The third-order valence-electron chi connectivity index (χ3n) is 3.07. The van der Waals surface area contributed by atoms with Crippen LogP contribution in [0, 0.1) is 0 Å². The van der Waals surface area contributed by atoms with E-state index in [0.717, 1.165) is 27.2 Å². The van der Waals surface area contributed by atoms with E-state index in [2.05, 4.69) is 5.32 Å². The quantitative estimate of drug-likeness (QED) is 0.762. The number of halogens is 1. The number of thiophene rings is 1. The summed E-state index contributed by atoms with van der Waals surface area (Å²) in [5.41, 5.74) is 0.884. The Bertz CT molecular complexity index is 661. The molecule has 1 aromatic heterocycles. The molecule has 4 nitrogen and oxygen atoms in total. The first-order chi connectivity index (χ1) is 11.1. The van der Waals surface area contributed by atoms with Crippen molar-refractivity contribution >= 4 is 40.6 Å². The number of hydrogen-bond donors (Lipinski definition) is 1. The van der Waals surface area contributed by atoms with Crippen LogP contribution < -0.4 is 14.8 Å². The number of carbonyl (C=O) groups is 1. The number of nitrogens with one attached hydrogen (secondary N) is 1. The third kappa shape index (κ3) is 5.64. The Morgan fingerprint density at radius 1 is 1.26 bits per heavy atom. The van der Waals surface area contributed by atoms with Crippen LogP contribution in [0.5, 0.6) is 11.5 Å². The van der Waals surface area contributed by atoms with Crippen LogP contribution in [0.1, 0.15) is 10.4 Å². The minimum atomic E-state index is -0.0115. The van der Waals surface area contributed by atoms with Crippen molar-refractivity contribution in [2.24, 2.45) is 0 Å². The second-order valence-electron chi connectivity index (χ2n) is 4.65. The summed E-state index contributed by atoms with van der Waals surface area (Å²) in [4.78, 5) is 13.1. The highest BCUT2D eigenvalue weighted by atomic mass is 35.5. The van der Waals surface area contributed by atoms with E-state index >= 15 is 0 Å². The molecule has 0 aliphatic carbocycles. The van der Waals surface area contributed by atoms with Crippen LogP contribution in [0.3, 0.4) is 0 Å². The zero-order valence-corrected chi connectivity index (χ0v) is 15.3. The van der Waals surface area contributed by atoms with Crippen LogP contribution in [0.25, 0.3) is 0 Å². The molecule has 0 aliphatic rings. The summed E-state index contributed by atoms with van der Waals surface area (Å²) >= 11 is 8.99.